The molecule has 2 aliphatic heterocycles. The van der Waals surface area contributed by atoms with Gasteiger partial charge in [-0.1, -0.05) is 0 Å². The summed E-state index contributed by atoms with van der Waals surface area (Å²) in [6.07, 6.45) is 3.38. The fourth-order valence-corrected chi connectivity index (χ4v) is 2.73. The molecule has 4 radical (unpaired) electrons. The number of ether oxygens (including phenoxy) is 1. The van der Waals surface area contributed by atoms with Gasteiger partial charge in [-0.15, -0.1) is 31.3 Å². The third-order valence-corrected chi connectivity index (χ3v) is 4.12. The number of nitrogens with two attached hydrogens (primary N) is 1. The Morgan fingerprint density at radius 1 is 1.16 bits per heavy atom. The number of fused-ring (bicyclic) bond motifs is 1. The van der Waals surface area contributed by atoms with E-state index in [-0.39, 0.29) is 248 Å². The minimum absolute atomic E-state index is 0. The van der Waals surface area contributed by atoms with Crippen LogP contribution in [0.1, 0.15) is 30.4 Å². The Hall–Kier alpha value is 5.62. The van der Waals surface area contributed by atoms with Crippen LogP contribution in [0.2, 0.25) is 0 Å². The number of nitrogens with zero attached hydrogens (tertiary/aromatic N) is 2. The molecular weight excluding hydrogens is 1570 g/mol. The minimum atomic E-state index is 0. The summed E-state index contributed by atoms with van der Waals surface area (Å²) in [6, 6.07) is 5.95. The molecule has 0 aliphatic carbocycles. The number of carbonyl (C=O) groups excluding carboxylic acids is 1. The Morgan fingerprint density at radius 3 is 2.28 bits per heavy atom. The van der Waals surface area contributed by atoms with Crippen molar-refractivity contribution in [3.05, 3.63) is 29.4 Å². The van der Waals surface area contributed by atoms with Gasteiger partial charge in [0.05, 0.1) is 13.1 Å². The third kappa shape index (κ3) is 17.3. The topological polar surface area (TPSA) is 88.2 Å². The second-order valence-corrected chi connectivity index (χ2v) is 5.87. The number of hydrogen-bond donors (Lipinski definition) is 2. The SMILES string of the molecule is Cc1[c-]c2c([c-]c1O)CC[C-](CCC(=O)CN1CCN=C1N)O2.[W].[W].[W].[W].[W].[Y].[Y].[Y].[Y]. The first-order valence-electron chi connectivity index (χ1n) is 7.79. The number of phenolic OH excluding ortho intramolecular Hbond substituents is 1. The van der Waals surface area contributed by atoms with E-state index < -0.39 is 0 Å². The molecule has 1 aromatic carbocycles. The van der Waals surface area contributed by atoms with Gasteiger partial charge >= 0.3 is 0 Å². The number of carbonyl (C=O) groups is 1. The zero-order chi connectivity index (χ0) is 16.4. The van der Waals surface area contributed by atoms with Crippen LogP contribution in [0, 0.1) is 25.2 Å². The minimum Gasteiger partial charge on any atom is -0.732 e. The van der Waals surface area contributed by atoms with Crippen molar-refractivity contribution in [2.45, 2.75) is 32.6 Å². The van der Waals surface area contributed by atoms with Gasteiger partial charge in [0.15, 0.2) is 5.96 Å². The molecule has 0 saturated carbocycles. The van der Waals surface area contributed by atoms with E-state index in [0.717, 1.165) is 24.5 Å². The average molecular weight is 1590 g/mol. The Labute approximate surface area is 363 Å². The maximum atomic E-state index is 12.1. The molecule has 0 bridgehead atoms. The van der Waals surface area contributed by atoms with Crippen molar-refractivity contribution in [3.8, 4) is 11.5 Å². The first kappa shape index (κ1) is 53.8. The van der Waals surface area contributed by atoms with Gasteiger partial charge in [-0.05, 0) is 6.42 Å². The van der Waals surface area contributed by atoms with Crippen molar-refractivity contribution in [3.63, 3.8) is 0 Å². The molecule has 3 N–H and O–H groups in total. The summed E-state index contributed by atoms with van der Waals surface area (Å²) in [7, 11) is 0. The summed E-state index contributed by atoms with van der Waals surface area (Å²) in [5.74, 6) is 1.32. The second-order valence-electron chi connectivity index (χ2n) is 5.87. The number of aliphatic imine (C=N–C) groups is 1. The van der Waals surface area contributed by atoms with Crippen LogP contribution in [-0.2, 0) is 247 Å². The van der Waals surface area contributed by atoms with Crippen LogP contribution in [0.3, 0.4) is 0 Å². The van der Waals surface area contributed by atoms with Crippen LogP contribution in [0.15, 0.2) is 4.99 Å². The molecular formula is C17H20N3O3W5Y4-3. The molecule has 3 rings (SSSR count). The number of benzene rings is 1. The molecule has 0 unspecified atom stereocenters. The molecule has 6 nitrogen and oxygen atoms in total. The van der Waals surface area contributed by atoms with Gasteiger partial charge in [0.25, 0.3) is 0 Å². The Bertz CT molecular complexity index is 679. The van der Waals surface area contributed by atoms with E-state index in [1.807, 2.05) is 0 Å². The fourth-order valence-electron chi connectivity index (χ4n) is 2.73. The standard InChI is InChI=1S/C17H20N3O3.5W.4Y/c1-11-8-16-12(9-15(11)22)2-4-14(23-16)5-3-13(21)10-20-7-6-19-17(20)18;;;;;;;;;/h22H,2-7,10H2,1H3,(H2,18,19);;;;;;;;;/q-3;;;;;;;;;. The van der Waals surface area contributed by atoms with E-state index in [2.05, 4.69) is 17.1 Å². The molecule has 0 aromatic heterocycles. The summed E-state index contributed by atoms with van der Waals surface area (Å²) in [5.41, 5.74) is 7.16. The quantitative estimate of drug-likeness (QED) is 0.433. The molecule has 2 aliphatic rings. The second kappa shape index (κ2) is 28.2. The van der Waals surface area contributed by atoms with E-state index in [1.54, 1.807) is 11.8 Å². The van der Waals surface area contributed by atoms with Crippen molar-refractivity contribution in [1.82, 2.24) is 4.90 Å². The molecule has 0 saturated heterocycles. The number of aromatic hydroxyl groups is 1. The van der Waals surface area contributed by atoms with Crippen LogP contribution in [0.25, 0.3) is 0 Å². The van der Waals surface area contributed by atoms with E-state index in [1.165, 1.54) is 0 Å². The molecule has 0 atom stereocenters. The van der Waals surface area contributed by atoms with Crippen molar-refractivity contribution in [2.75, 3.05) is 19.6 Å². The third-order valence-electron chi connectivity index (χ3n) is 4.12. The predicted octanol–water partition coefficient (Wildman–Crippen LogP) is 1.12. The normalized spacial score (nSPS) is 12.7. The van der Waals surface area contributed by atoms with Gasteiger partial charge in [0, 0.05) is 243 Å². The van der Waals surface area contributed by atoms with Crippen LogP contribution < -0.4 is 10.5 Å². The van der Waals surface area contributed by atoms with Crippen LogP contribution in [0.4, 0.5) is 0 Å². The zero-order valence-electron chi connectivity index (χ0n) is 17.5. The van der Waals surface area contributed by atoms with E-state index in [0.29, 0.717) is 49.7 Å². The van der Waals surface area contributed by atoms with Crippen LogP contribution >= 0.6 is 0 Å². The van der Waals surface area contributed by atoms with Gasteiger partial charge < -0.3 is 20.5 Å². The van der Waals surface area contributed by atoms with E-state index in [9.17, 15) is 9.90 Å². The van der Waals surface area contributed by atoms with Crippen LogP contribution in [-0.4, -0.2) is 41.4 Å². The number of aryl methyl sites for hydroxylation is 2. The molecule has 1 aromatic rings. The van der Waals surface area contributed by atoms with Crippen LogP contribution in [0.5, 0.6) is 11.5 Å². The van der Waals surface area contributed by atoms with Crippen molar-refractivity contribution in [1.29, 1.82) is 0 Å². The summed E-state index contributed by atoms with van der Waals surface area (Å²) in [4.78, 5) is 17.9. The summed E-state index contributed by atoms with van der Waals surface area (Å²) < 4.78 is 5.81. The fraction of sp³-hybridized carbons (Fsp3) is 0.471. The number of ketones is 1. The maximum Gasteiger partial charge on any atom is 0.191 e. The van der Waals surface area contributed by atoms with Gasteiger partial charge in [-0.3, -0.25) is 21.9 Å². The molecule has 32 heavy (non-hydrogen) atoms. The van der Waals surface area contributed by atoms with Gasteiger partial charge in [-0.25, -0.2) is 11.1 Å². The predicted molar refractivity (Wildman–Crippen MR) is 85.0 cm³/mol. The van der Waals surface area contributed by atoms with Crippen molar-refractivity contribution >= 4 is 11.7 Å². The average Bonchev–Trinajstić information content (AvgIpc) is 2.91. The maximum absolute atomic E-state index is 12.1. The molecule has 0 fully saturated rings. The molecule has 0 spiro atoms. The van der Waals surface area contributed by atoms with Gasteiger partial charge in [-0.2, -0.15) is 12.5 Å². The number of Topliss-reactive ketones (excluding diaryl/α,β-unsaturated/α-hetero) is 1. The number of hydrogen-bond acceptors (Lipinski definition) is 6. The Kier molecular flexibility index (Phi) is 47.3. The van der Waals surface area contributed by atoms with E-state index in [4.69, 9.17) is 10.5 Å². The zero-order valence-corrected chi connectivity index (χ0v) is 43.6. The molecule has 0 amide bonds. The van der Waals surface area contributed by atoms with Gasteiger partial charge in [0.2, 0.25) is 0 Å². The Balaban J connectivity index is -0.000000139. The number of rotatable bonds is 5. The Morgan fingerprint density at radius 2 is 1.75 bits per heavy atom. The summed E-state index contributed by atoms with van der Waals surface area (Å²) in [6.45, 7) is 3.45. The van der Waals surface area contributed by atoms with Gasteiger partial charge in [0.1, 0.15) is 5.78 Å². The summed E-state index contributed by atoms with van der Waals surface area (Å²) >= 11 is 0. The molecule has 2 heterocycles. The smallest absolute Gasteiger partial charge is 0.191 e. The van der Waals surface area contributed by atoms with Crippen molar-refractivity contribution in [2.24, 2.45) is 10.7 Å². The van der Waals surface area contributed by atoms with Crippen molar-refractivity contribution < 1.29 is 251 Å². The largest absolute Gasteiger partial charge is 0.732 e. The molecule has 15 heteroatoms. The first-order valence-corrected chi connectivity index (χ1v) is 7.79. The molecule has 166 valence electrons. The monoisotopic (exact) mass is 1590 g/mol. The first-order chi connectivity index (χ1) is 11.0. The number of guanidine groups is 1. The van der Waals surface area contributed by atoms with E-state index >= 15 is 0 Å². The number of phenols is 1. The summed E-state index contributed by atoms with van der Waals surface area (Å²) in [5, 5.41) is 9.66.